The number of rotatable bonds is 4. The number of benzene rings is 1. The van der Waals surface area contributed by atoms with Gasteiger partial charge in [-0.25, -0.2) is 0 Å². The summed E-state index contributed by atoms with van der Waals surface area (Å²) in [5.74, 6) is -0.131. The van der Waals surface area contributed by atoms with Crippen LogP contribution in [-0.4, -0.2) is 27.8 Å². The number of carbonyl (C=O) groups is 1. The summed E-state index contributed by atoms with van der Waals surface area (Å²) in [6, 6.07) is 4.90. The lowest BCUT2D eigenvalue weighted by Crippen LogP contribution is -2.38. The van der Waals surface area contributed by atoms with Crippen LogP contribution in [0.25, 0.3) is 0 Å². The van der Waals surface area contributed by atoms with Gasteiger partial charge in [-0.2, -0.15) is 0 Å². The van der Waals surface area contributed by atoms with Crippen molar-refractivity contribution in [1.29, 1.82) is 0 Å². The molecule has 1 aromatic rings. The van der Waals surface area contributed by atoms with E-state index in [-0.39, 0.29) is 23.7 Å². The standard InChI is InChI=1S/C13H15BrN2O3/c1-8(2)15(10-4-5-10)13(17)9-3-6-11(14)12(7-9)16(18)19/h3,6-8,10H,4-5H2,1-2H3. The summed E-state index contributed by atoms with van der Waals surface area (Å²) in [6.07, 6.45) is 2.03. The number of halogens is 1. The van der Waals surface area contributed by atoms with E-state index in [0.29, 0.717) is 10.0 Å². The van der Waals surface area contributed by atoms with Gasteiger partial charge in [-0.1, -0.05) is 0 Å². The van der Waals surface area contributed by atoms with Crippen LogP contribution in [0.3, 0.4) is 0 Å². The molecule has 2 rings (SSSR count). The highest BCUT2D eigenvalue weighted by atomic mass is 79.9. The van der Waals surface area contributed by atoms with Crippen LogP contribution in [0, 0.1) is 10.1 Å². The maximum atomic E-state index is 12.4. The maximum Gasteiger partial charge on any atom is 0.284 e. The van der Waals surface area contributed by atoms with Gasteiger partial charge in [0.1, 0.15) is 0 Å². The Balaban J connectivity index is 2.32. The van der Waals surface area contributed by atoms with E-state index in [2.05, 4.69) is 15.9 Å². The van der Waals surface area contributed by atoms with Crippen molar-refractivity contribution >= 4 is 27.5 Å². The van der Waals surface area contributed by atoms with Crippen LogP contribution in [0.1, 0.15) is 37.0 Å². The van der Waals surface area contributed by atoms with Crippen LogP contribution in [0.2, 0.25) is 0 Å². The monoisotopic (exact) mass is 326 g/mol. The fourth-order valence-electron chi connectivity index (χ4n) is 2.11. The Labute approximate surface area is 119 Å². The number of nitro benzene ring substituents is 1. The summed E-state index contributed by atoms with van der Waals surface area (Å²) in [7, 11) is 0. The van der Waals surface area contributed by atoms with E-state index in [9.17, 15) is 14.9 Å². The van der Waals surface area contributed by atoms with E-state index >= 15 is 0 Å². The molecule has 1 aliphatic rings. The molecule has 0 spiro atoms. The third-order valence-electron chi connectivity index (χ3n) is 3.12. The zero-order valence-electron chi connectivity index (χ0n) is 10.8. The number of hydrogen-bond acceptors (Lipinski definition) is 3. The summed E-state index contributed by atoms with van der Waals surface area (Å²) >= 11 is 3.12. The molecule has 0 bridgehead atoms. The smallest absolute Gasteiger partial charge is 0.284 e. The summed E-state index contributed by atoms with van der Waals surface area (Å²) in [4.78, 5) is 24.7. The highest BCUT2D eigenvalue weighted by Gasteiger charge is 2.35. The number of nitrogens with zero attached hydrogens (tertiary/aromatic N) is 2. The highest BCUT2D eigenvalue weighted by Crippen LogP contribution is 2.32. The molecular weight excluding hydrogens is 312 g/mol. The first kappa shape index (κ1) is 14.0. The molecule has 1 aliphatic carbocycles. The largest absolute Gasteiger partial charge is 0.333 e. The number of hydrogen-bond donors (Lipinski definition) is 0. The minimum atomic E-state index is -0.488. The Kier molecular flexibility index (Phi) is 3.89. The average Bonchev–Trinajstić information content (AvgIpc) is 3.13. The van der Waals surface area contributed by atoms with Crippen LogP contribution in [-0.2, 0) is 0 Å². The summed E-state index contributed by atoms with van der Waals surface area (Å²) in [5.41, 5.74) is 0.292. The van der Waals surface area contributed by atoms with Crippen molar-refractivity contribution in [3.8, 4) is 0 Å². The van der Waals surface area contributed by atoms with E-state index in [1.54, 1.807) is 12.1 Å². The Bertz CT molecular complexity index is 525. The summed E-state index contributed by atoms with van der Waals surface area (Å²) < 4.78 is 0.386. The normalized spacial score (nSPS) is 14.5. The second kappa shape index (κ2) is 5.28. The van der Waals surface area contributed by atoms with Crippen molar-refractivity contribution < 1.29 is 9.72 Å². The van der Waals surface area contributed by atoms with Gasteiger partial charge in [-0.15, -0.1) is 0 Å². The van der Waals surface area contributed by atoms with Gasteiger partial charge in [-0.3, -0.25) is 14.9 Å². The van der Waals surface area contributed by atoms with Gasteiger partial charge in [0.2, 0.25) is 0 Å². The molecule has 0 N–H and O–H groups in total. The molecule has 102 valence electrons. The fraction of sp³-hybridized carbons (Fsp3) is 0.462. The minimum Gasteiger partial charge on any atom is -0.333 e. The van der Waals surface area contributed by atoms with Crippen LogP contribution in [0.15, 0.2) is 22.7 Å². The third-order valence-corrected chi connectivity index (χ3v) is 3.79. The van der Waals surface area contributed by atoms with Crippen LogP contribution in [0.4, 0.5) is 5.69 Å². The van der Waals surface area contributed by atoms with Crippen LogP contribution < -0.4 is 0 Å². The molecule has 1 saturated carbocycles. The van der Waals surface area contributed by atoms with Crippen molar-refractivity contribution in [1.82, 2.24) is 4.90 Å². The summed E-state index contributed by atoms with van der Waals surface area (Å²) in [6.45, 7) is 3.92. The van der Waals surface area contributed by atoms with E-state index in [4.69, 9.17) is 0 Å². The fourth-order valence-corrected chi connectivity index (χ4v) is 2.50. The zero-order valence-corrected chi connectivity index (χ0v) is 12.4. The lowest BCUT2D eigenvalue weighted by Gasteiger charge is -2.26. The van der Waals surface area contributed by atoms with E-state index in [0.717, 1.165) is 12.8 Å². The average molecular weight is 327 g/mol. The van der Waals surface area contributed by atoms with Gasteiger partial charge in [-0.05, 0) is 54.8 Å². The molecular formula is C13H15BrN2O3. The minimum absolute atomic E-state index is 0.0784. The van der Waals surface area contributed by atoms with E-state index < -0.39 is 4.92 Å². The molecule has 1 amide bonds. The lowest BCUT2D eigenvalue weighted by molar-refractivity contribution is -0.385. The number of amides is 1. The predicted octanol–water partition coefficient (Wildman–Crippen LogP) is 3.37. The molecule has 0 saturated heterocycles. The molecule has 5 nitrogen and oxygen atoms in total. The highest BCUT2D eigenvalue weighted by molar-refractivity contribution is 9.10. The van der Waals surface area contributed by atoms with Crippen molar-refractivity contribution in [3.05, 3.63) is 38.3 Å². The molecule has 0 radical (unpaired) electrons. The molecule has 1 fully saturated rings. The molecule has 0 aromatic heterocycles. The van der Waals surface area contributed by atoms with Crippen molar-refractivity contribution in [3.63, 3.8) is 0 Å². The van der Waals surface area contributed by atoms with Gasteiger partial charge in [0.25, 0.3) is 11.6 Å². The van der Waals surface area contributed by atoms with Gasteiger partial charge in [0.15, 0.2) is 0 Å². The summed E-state index contributed by atoms with van der Waals surface area (Å²) in [5, 5.41) is 10.9. The number of carbonyl (C=O) groups excluding carboxylic acids is 1. The van der Waals surface area contributed by atoms with E-state index in [1.807, 2.05) is 18.7 Å². The first-order valence-electron chi connectivity index (χ1n) is 6.18. The molecule has 0 atom stereocenters. The van der Waals surface area contributed by atoms with Crippen LogP contribution in [0.5, 0.6) is 0 Å². The second-order valence-corrected chi connectivity index (χ2v) is 5.81. The maximum absolute atomic E-state index is 12.4. The SMILES string of the molecule is CC(C)N(C(=O)c1ccc(Br)c([N+](=O)[O-])c1)C1CC1. The third kappa shape index (κ3) is 2.94. The van der Waals surface area contributed by atoms with Gasteiger partial charge >= 0.3 is 0 Å². The van der Waals surface area contributed by atoms with Crippen molar-refractivity contribution in [2.45, 2.75) is 38.8 Å². The molecule has 0 heterocycles. The van der Waals surface area contributed by atoms with E-state index in [1.165, 1.54) is 6.07 Å². The Morgan fingerprint density at radius 3 is 2.58 bits per heavy atom. The Morgan fingerprint density at radius 1 is 1.47 bits per heavy atom. The predicted molar refractivity (Wildman–Crippen MR) is 75.1 cm³/mol. The zero-order chi connectivity index (χ0) is 14.2. The molecule has 1 aromatic carbocycles. The first-order chi connectivity index (χ1) is 8.91. The quantitative estimate of drug-likeness (QED) is 0.629. The lowest BCUT2D eigenvalue weighted by atomic mass is 10.1. The van der Waals surface area contributed by atoms with Gasteiger partial charge < -0.3 is 4.90 Å². The molecule has 6 heteroatoms. The second-order valence-electron chi connectivity index (χ2n) is 4.96. The van der Waals surface area contributed by atoms with Crippen molar-refractivity contribution in [2.24, 2.45) is 0 Å². The van der Waals surface area contributed by atoms with Crippen molar-refractivity contribution in [2.75, 3.05) is 0 Å². The van der Waals surface area contributed by atoms with Gasteiger partial charge in [0.05, 0.1) is 9.40 Å². The topological polar surface area (TPSA) is 63.5 Å². The number of nitro groups is 1. The van der Waals surface area contributed by atoms with Crippen LogP contribution >= 0.6 is 15.9 Å². The molecule has 0 unspecified atom stereocenters. The van der Waals surface area contributed by atoms with Gasteiger partial charge in [0, 0.05) is 23.7 Å². The molecule has 19 heavy (non-hydrogen) atoms. The first-order valence-corrected chi connectivity index (χ1v) is 6.97. The Morgan fingerprint density at radius 2 is 2.11 bits per heavy atom. The molecule has 0 aliphatic heterocycles. The Hall–Kier alpha value is -1.43.